The van der Waals surface area contributed by atoms with E-state index in [1.165, 1.54) is 55.3 Å². The Bertz CT molecular complexity index is 3140. The highest BCUT2D eigenvalue weighted by molar-refractivity contribution is 6.05. The van der Waals surface area contributed by atoms with Crippen LogP contribution in [0.5, 0.6) is 11.5 Å². The highest BCUT2D eigenvalue weighted by Gasteiger charge is 2.38. The lowest BCUT2D eigenvalue weighted by Gasteiger charge is -2.31. The number of hydrogen-bond donors (Lipinski definition) is 0. The normalized spacial score (nSPS) is 14.4. The Morgan fingerprint density at radius 3 is 1.52 bits per heavy atom. The van der Waals surface area contributed by atoms with Crippen LogP contribution in [0.4, 0.5) is 17.1 Å². The molecule has 1 aliphatic heterocycles. The summed E-state index contributed by atoms with van der Waals surface area (Å²) in [7, 11) is 0. The van der Waals surface area contributed by atoms with Crippen LogP contribution in [0.2, 0.25) is 0 Å². The molecule has 0 radical (unpaired) electrons. The fourth-order valence-electron chi connectivity index (χ4n) is 10.6. The van der Waals surface area contributed by atoms with Crippen LogP contribution >= 0.6 is 0 Å². The number of rotatable bonds is 4. The van der Waals surface area contributed by atoms with Gasteiger partial charge in [0.2, 0.25) is 0 Å². The van der Waals surface area contributed by atoms with Crippen molar-refractivity contribution in [3.8, 4) is 67.1 Å². The molecule has 0 spiro atoms. The van der Waals surface area contributed by atoms with Crippen molar-refractivity contribution in [2.45, 2.75) is 38.5 Å². The molecule has 9 aromatic rings. The first-order valence-electron chi connectivity index (χ1n) is 21.1. The summed E-state index contributed by atoms with van der Waals surface area (Å²) < 4.78 is 7.21. The highest BCUT2D eigenvalue weighted by Crippen LogP contribution is 2.57. The molecule has 0 saturated carbocycles. The molecule has 9 aromatic carbocycles. The SMILES string of the molecule is CC1(C)c2ccccc2-c2ccc(N(c3ccc4c(c3)C(C)(C)c3ccccc3-4)c3cccc4c3-c3cc5ccccc5cc3-c3ccc(-c5ccccc5)cc3O4)cc21. The number of hydrogen-bond acceptors (Lipinski definition) is 2. The van der Waals surface area contributed by atoms with Crippen LogP contribution in [0.25, 0.3) is 66.4 Å². The maximum absolute atomic E-state index is 7.21. The van der Waals surface area contributed by atoms with Crippen LogP contribution < -0.4 is 9.64 Å². The fraction of sp³-hybridized carbons (Fsp3) is 0.103. The van der Waals surface area contributed by atoms with Gasteiger partial charge in [-0.1, -0.05) is 155 Å². The van der Waals surface area contributed by atoms with E-state index in [2.05, 4.69) is 221 Å². The van der Waals surface area contributed by atoms with Crippen LogP contribution in [-0.2, 0) is 10.8 Å². The Kier molecular flexibility index (Phi) is 7.36. The average molecular weight is 770 g/mol. The zero-order valence-corrected chi connectivity index (χ0v) is 34.3. The van der Waals surface area contributed by atoms with Gasteiger partial charge in [0.1, 0.15) is 11.5 Å². The molecular weight excluding hydrogens is 727 g/mol. The fourth-order valence-corrected chi connectivity index (χ4v) is 10.6. The van der Waals surface area contributed by atoms with Crippen molar-refractivity contribution in [2.24, 2.45) is 0 Å². The molecule has 286 valence electrons. The van der Waals surface area contributed by atoms with E-state index in [0.29, 0.717) is 0 Å². The van der Waals surface area contributed by atoms with Crippen molar-refractivity contribution in [2.75, 3.05) is 4.90 Å². The number of anilines is 3. The van der Waals surface area contributed by atoms with Gasteiger partial charge in [-0.25, -0.2) is 0 Å². The molecule has 0 N–H and O–H groups in total. The third kappa shape index (κ3) is 5.01. The van der Waals surface area contributed by atoms with Gasteiger partial charge in [0.05, 0.1) is 5.69 Å². The minimum Gasteiger partial charge on any atom is -0.456 e. The summed E-state index contributed by atoms with van der Waals surface area (Å²) in [5.41, 5.74) is 20.4. The Morgan fingerprint density at radius 2 is 0.883 bits per heavy atom. The van der Waals surface area contributed by atoms with Crippen molar-refractivity contribution < 1.29 is 4.74 Å². The molecule has 2 heteroatoms. The van der Waals surface area contributed by atoms with Crippen molar-refractivity contribution in [3.05, 3.63) is 210 Å². The van der Waals surface area contributed by atoms with Gasteiger partial charge >= 0.3 is 0 Å². The van der Waals surface area contributed by atoms with Crippen LogP contribution in [0.3, 0.4) is 0 Å². The van der Waals surface area contributed by atoms with E-state index in [0.717, 1.165) is 61.9 Å². The molecule has 3 aliphatic rings. The Morgan fingerprint density at radius 1 is 0.350 bits per heavy atom. The van der Waals surface area contributed by atoms with E-state index in [-0.39, 0.29) is 10.8 Å². The summed E-state index contributed by atoms with van der Waals surface area (Å²) in [6.45, 7) is 9.47. The maximum Gasteiger partial charge on any atom is 0.137 e. The number of nitrogens with zero attached hydrogens (tertiary/aromatic N) is 1. The monoisotopic (exact) mass is 769 g/mol. The van der Waals surface area contributed by atoms with Crippen LogP contribution in [0, 0.1) is 0 Å². The van der Waals surface area contributed by atoms with Crippen molar-refractivity contribution in [3.63, 3.8) is 0 Å². The van der Waals surface area contributed by atoms with E-state index in [4.69, 9.17) is 4.74 Å². The third-order valence-corrected chi connectivity index (χ3v) is 13.6. The lowest BCUT2D eigenvalue weighted by atomic mass is 9.82. The molecular formula is C58H43NO. The lowest BCUT2D eigenvalue weighted by molar-refractivity contribution is 0.488. The van der Waals surface area contributed by atoms with Crippen molar-refractivity contribution in [1.29, 1.82) is 0 Å². The number of fused-ring (bicyclic) bond motifs is 12. The summed E-state index contributed by atoms with van der Waals surface area (Å²) >= 11 is 0. The molecule has 0 atom stereocenters. The minimum atomic E-state index is -0.157. The largest absolute Gasteiger partial charge is 0.456 e. The number of benzene rings is 9. The number of ether oxygens (including phenoxy) is 1. The van der Waals surface area contributed by atoms with Gasteiger partial charge in [0.15, 0.2) is 0 Å². The van der Waals surface area contributed by atoms with Crippen LogP contribution in [0.15, 0.2) is 188 Å². The van der Waals surface area contributed by atoms with Crippen molar-refractivity contribution >= 4 is 27.8 Å². The van der Waals surface area contributed by atoms with E-state index in [9.17, 15) is 0 Å². The molecule has 2 aliphatic carbocycles. The van der Waals surface area contributed by atoms with Gasteiger partial charge in [-0.15, -0.1) is 0 Å². The second-order valence-corrected chi connectivity index (χ2v) is 17.7. The van der Waals surface area contributed by atoms with E-state index in [1.807, 2.05) is 0 Å². The topological polar surface area (TPSA) is 12.5 Å². The molecule has 12 rings (SSSR count). The van der Waals surface area contributed by atoms with Gasteiger partial charge in [0.25, 0.3) is 0 Å². The smallest absolute Gasteiger partial charge is 0.137 e. The lowest BCUT2D eigenvalue weighted by Crippen LogP contribution is -2.18. The first kappa shape index (κ1) is 34.8. The van der Waals surface area contributed by atoms with E-state index in [1.54, 1.807) is 0 Å². The molecule has 0 saturated heterocycles. The summed E-state index contributed by atoms with van der Waals surface area (Å²) in [5.74, 6) is 1.69. The van der Waals surface area contributed by atoms with Gasteiger partial charge in [0, 0.05) is 33.3 Å². The summed E-state index contributed by atoms with van der Waals surface area (Å²) in [4.78, 5) is 2.49. The first-order valence-corrected chi connectivity index (χ1v) is 21.1. The standard InChI is InChI=1S/C58H43NO/c1-57(2)49-21-12-10-19-42(49)44-29-26-40(34-51(44)57)59(41-27-30-45-43-20-11-13-22-50(43)58(3,4)52(45)35-41)53-23-14-24-54-56(53)48-32-38-18-9-8-17-37(38)31-47(48)46-28-25-39(33-55(46)60-54)36-15-6-5-7-16-36/h5-35H,1-4H3. The van der Waals surface area contributed by atoms with E-state index < -0.39 is 0 Å². The molecule has 0 bridgehead atoms. The Balaban J connectivity index is 1.13. The molecule has 0 unspecified atom stereocenters. The maximum atomic E-state index is 7.21. The average Bonchev–Trinajstić information content (AvgIpc) is 3.58. The minimum absolute atomic E-state index is 0.157. The Labute approximate surface area is 352 Å². The summed E-state index contributed by atoms with van der Waals surface area (Å²) in [5, 5.41) is 2.40. The second-order valence-electron chi connectivity index (χ2n) is 17.7. The third-order valence-electron chi connectivity index (χ3n) is 13.6. The molecule has 1 heterocycles. The summed E-state index contributed by atoms with van der Waals surface area (Å²) in [6, 6.07) is 69.3. The zero-order chi connectivity index (χ0) is 40.3. The molecule has 0 amide bonds. The highest BCUT2D eigenvalue weighted by atomic mass is 16.5. The zero-order valence-electron chi connectivity index (χ0n) is 34.3. The van der Waals surface area contributed by atoms with Crippen molar-refractivity contribution in [1.82, 2.24) is 0 Å². The predicted octanol–water partition coefficient (Wildman–Crippen LogP) is 16.0. The second kappa shape index (κ2) is 12.7. The van der Waals surface area contributed by atoms with Gasteiger partial charge in [-0.05, 0) is 138 Å². The van der Waals surface area contributed by atoms with E-state index >= 15 is 0 Å². The molecule has 2 nitrogen and oxygen atoms in total. The van der Waals surface area contributed by atoms with Crippen LogP contribution in [0.1, 0.15) is 49.9 Å². The molecule has 0 aromatic heterocycles. The Hall–Kier alpha value is -7.16. The van der Waals surface area contributed by atoms with Crippen LogP contribution in [-0.4, -0.2) is 0 Å². The predicted molar refractivity (Wildman–Crippen MR) is 250 cm³/mol. The molecule has 60 heavy (non-hydrogen) atoms. The molecule has 0 fully saturated rings. The van der Waals surface area contributed by atoms with Gasteiger partial charge in [-0.3, -0.25) is 0 Å². The van der Waals surface area contributed by atoms with Gasteiger partial charge < -0.3 is 9.64 Å². The first-order chi connectivity index (χ1) is 29.3. The quantitative estimate of drug-likeness (QED) is 0.177. The van der Waals surface area contributed by atoms with Gasteiger partial charge in [-0.2, -0.15) is 0 Å². The summed E-state index contributed by atoms with van der Waals surface area (Å²) in [6.07, 6.45) is 0.